The van der Waals surface area contributed by atoms with Crippen molar-refractivity contribution < 1.29 is 0 Å². The fourth-order valence-corrected chi connectivity index (χ4v) is 2.89. The highest BCUT2D eigenvalue weighted by molar-refractivity contribution is 8.14. The van der Waals surface area contributed by atoms with Crippen molar-refractivity contribution in [3.8, 4) is 0 Å². The van der Waals surface area contributed by atoms with E-state index in [9.17, 15) is 0 Å². The van der Waals surface area contributed by atoms with Crippen LogP contribution < -0.4 is 10.6 Å². The molecule has 0 spiro atoms. The molecule has 4 nitrogen and oxygen atoms in total. The lowest BCUT2D eigenvalue weighted by Gasteiger charge is -2.06. The Morgan fingerprint density at radius 1 is 0.933 bits per heavy atom. The molecule has 0 aromatic rings. The normalized spacial score (nSPS) is 20.0. The van der Waals surface area contributed by atoms with E-state index >= 15 is 0 Å². The molecule has 2 heterocycles. The fraction of sp³-hybridized carbons (Fsp3) is 0.778. The molecule has 0 saturated heterocycles. The maximum Gasteiger partial charge on any atom is 0.156 e. The highest BCUT2D eigenvalue weighted by Gasteiger charge is 2.06. The van der Waals surface area contributed by atoms with Crippen molar-refractivity contribution in [3.05, 3.63) is 0 Å². The molecule has 0 unspecified atom stereocenters. The Morgan fingerprint density at radius 2 is 1.47 bits per heavy atom. The first-order valence-corrected chi connectivity index (χ1v) is 7.24. The Labute approximate surface area is 98.8 Å². The van der Waals surface area contributed by atoms with Crippen molar-refractivity contribution in [2.45, 2.75) is 6.42 Å². The first kappa shape index (κ1) is 11.1. The quantitative estimate of drug-likeness (QED) is 0.717. The van der Waals surface area contributed by atoms with Crippen LogP contribution >= 0.6 is 23.5 Å². The summed E-state index contributed by atoms with van der Waals surface area (Å²) in [5.41, 5.74) is 0. The Bertz CT molecular complexity index is 239. The number of rotatable bonds is 4. The number of thioether (sulfide) groups is 2. The van der Waals surface area contributed by atoms with E-state index in [1.54, 1.807) is 0 Å². The molecule has 0 saturated carbocycles. The molecule has 2 rings (SSSR count). The van der Waals surface area contributed by atoms with E-state index in [1.807, 2.05) is 23.5 Å². The number of aliphatic imine (C=N–C) groups is 2. The largest absolute Gasteiger partial charge is 0.365 e. The average molecular weight is 244 g/mol. The van der Waals surface area contributed by atoms with Crippen molar-refractivity contribution in [1.29, 1.82) is 0 Å². The molecule has 2 N–H and O–H groups in total. The van der Waals surface area contributed by atoms with Crippen LogP contribution in [0, 0.1) is 0 Å². The lowest BCUT2D eigenvalue weighted by molar-refractivity contribution is 0.748. The number of hydrogen-bond acceptors (Lipinski definition) is 6. The Morgan fingerprint density at radius 3 is 1.87 bits per heavy atom. The number of nitrogens with one attached hydrogen (secondary N) is 2. The standard InChI is InChI=1S/C9H16N4S2/c1(2-10-8-12-4-6-14-8)3-11-9-13-5-7-15-9/h1-7H2,(H,10,12)(H,11,13). The summed E-state index contributed by atoms with van der Waals surface area (Å²) < 4.78 is 0. The SMILES string of the molecule is C(CNC1=NCCS1)CNC1=NCCS1. The van der Waals surface area contributed by atoms with Crippen molar-refractivity contribution in [2.24, 2.45) is 9.98 Å². The zero-order valence-corrected chi connectivity index (χ0v) is 10.3. The first-order valence-electron chi connectivity index (χ1n) is 5.27. The van der Waals surface area contributed by atoms with Crippen LogP contribution in [0.2, 0.25) is 0 Å². The van der Waals surface area contributed by atoms with Crippen LogP contribution in [0.1, 0.15) is 6.42 Å². The summed E-state index contributed by atoms with van der Waals surface area (Å²) in [6.07, 6.45) is 1.11. The molecule has 0 aromatic carbocycles. The monoisotopic (exact) mass is 244 g/mol. The molecule has 0 fully saturated rings. The van der Waals surface area contributed by atoms with Crippen molar-refractivity contribution in [2.75, 3.05) is 37.7 Å². The van der Waals surface area contributed by atoms with Crippen LogP contribution in [-0.4, -0.2) is 48.0 Å². The highest BCUT2D eigenvalue weighted by Crippen LogP contribution is 2.09. The van der Waals surface area contributed by atoms with E-state index in [4.69, 9.17) is 0 Å². The molecular formula is C9H16N4S2. The Balaban J connectivity index is 1.48. The van der Waals surface area contributed by atoms with Gasteiger partial charge in [-0.25, -0.2) is 0 Å². The molecule has 0 aromatic heterocycles. The van der Waals surface area contributed by atoms with E-state index in [2.05, 4.69) is 20.6 Å². The Kier molecular flexibility index (Phi) is 4.66. The lowest BCUT2D eigenvalue weighted by atomic mass is 10.4. The van der Waals surface area contributed by atoms with Crippen molar-refractivity contribution >= 4 is 33.9 Å². The number of hydrogen-bond donors (Lipinski definition) is 2. The minimum absolute atomic E-state index is 0.971. The topological polar surface area (TPSA) is 48.8 Å². The second kappa shape index (κ2) is 6.27. The third-order valence-electron chi connectivity index (χ3n) is 2.08. The van der Waals surface area contributed by atoms with Crippen LogP contribution in [0.5, 0.6) is 0 Å². The smallest absolute Gasteiger partial charge is 0.156 e. The predicted octanol–water partition coefficient (Wildman–Crippen LogP) is 0.761. The molecule has 0 bridgehead atoms. The molecule has 6 heteroatoms. The molecule has 2 aliphatic rings. The summed E-state index contributed by atoms with van der Waals surface area (Å²) >= 11 is 3.63. The Hall–Kier alpha value is -0.360. The zero-order valence-electron chi connectivity index (χ0n) is 8.66. The number of nitrogens with zero attached hydrogens (tertiary/aromatic N) is 2. The van der Waals surface area contributed by atoms with Gasteiger partial charge in [0.2, 0.25) is 0 Å². The van der Waals surface area contributed by atoms with Gasteiger partial charge in [-0.05, 0) is 6.42 Å². The lowest BCUT2D eigenvalue weighted by Crippen LogP contribution is -2.26. The van der Waals surface area contributed by atoms with Gasteiger partial charge in [-0.3, -0.25) is 9.98 Å². The van der Waals surface area contributed by atoms with Crippen LogP contribution in [0.25, 0.3) is 0 Å². The van der Waals surface area contributed by atoms with E-state index in [1.165, 1.54) is 0 Å². The summed E-state index contributed by atoms with van der Waals surface area (Å²) in [6, 6.07) is 0. The third kappa shape index (κ3) is 3.95. The minimum Gasteiger partial charge on any atom is -0.365 e. The van der Waals surface area contributed by atoms with E-state index in [0.717, 1.165) is 54.4 Å². The van der Waals surface area contributed by atoms with E-state index in [-0.39, 0.29) is 0 Å². The maximum atomic E-state index is 4.33. The zero-order chi connectivity index (χ0) is 10.3. The first-order chi connectivity index (χ1) is 7.45. The van der Waals surface area contributed by atoms with E-state index < -0.39 is 0 Å². The predicted molar refractivity (Wildman–Crippen MR) is 70.1 cm³/mol. The van der Waals surface area contributed by atoms with Gasteiger partial charge in [0.05, 0.1) is 13.1 Å². The van der Waals surface area contributed by atoms with Gasteiger partial charge in [-0.1, -0.05) is 23.5 Å². The van der Waals surface area contributed by atoms with Crippen LogP contribution in [0.3, 0.4) is 0 Å². The second-order valence-electron chi connectivity index (χ2n) is 3.28. The van der Waals surface area contributed by atoms with Crippen LogP contribution in [0.4, 0.5) is 0 Å². The van der Waals surface area contributed by atoms with Gasteiger partial charge < -0.3 is 10.6 Å². The van der Waals surface area contributed by atoms with Crippen LogP contribution in [0.15, 0.2) is 9.98 Å². The van der Waals surface area contributed by atoms with E-state index in [0.29, 0.717) is 0 Å². The van der Waals surface area contributed by atoms with Gasteiger partial charge in [-0.15, -0.1) is 0 Å². The maximum absolute atomic E-state index is 4.33. The van der Waals surface area contributed by atoms with Gasteiger partial charge in [0, 0.05) is 24.6 Å². The molecule has 0 amide bonds. The molecule has 2 aliphatic heterocycles. The highest BCUT2D eigenvalue weighted by atomic mass is 32.2. The van der Waals surface area contributed by atoms with Gasteiger partial charge in [0.1, 0.15) is 0 Å². The average Bonchev–Trinajstić information content (AvgIpc) is 2.88. The van der Waals surface area contributed by atoms with Gasteiger partial charge in [0.15, 0.2) is 10.3 Å². The number of amidine groups is 2. The summed E-state index contributed by atoms with van der Waals surface area (Å²) in [5, 5.41) is 8.89. The fourth-order valence-electron chi connectivity index (χ4n) is 1.36. The van der Waals surface area contributed by atoms with Gasteiger partial charge >= 0.3 is 0 Å². The third-order valence-corrected chi connectivity index (χ3v) is 3.94. The molecule has 0 radical (unpaired) electrons. The van der Waals surface area contributed by atoms with Crippen molar-refractivity contribution in [1.82, 2.24) is 10.6 Å². The minimum atomic E-state index is 0.971. The van der Waals surface area contributed by atoms with Crippen molar-refractivity contribution in [3.63, 3.8) is 0 Å². The van der Waals surface area contributed by atoms with Crippen LogP contribution in [-0.2, 0) is 0 Å². The molecular weight excluding hydrogens is 228 g/mol. The summed E-state index contributed by atoms with van der Waals surface area (Å²) in [7, 11) is 0. The molecule has 84 valence electrons. The molecule has 0 atom stereocenters. The van der Waals surface area contributed by atoms with Gasteiger partial charge in [0.25, 0.3) is 0 Å². The molecule has 15 heavy (non-hydrogen) atoms. The molecule has 0 aliphatic carbocycles. The summed E-state index contributed by atoms with van der Waals surface area (Å²) in [6.45, 7) is 3.94. The van der Waals surface area contributed by atoms with Gasteiger partial charge in [-0.2, -0.15) is 0 Å². The summed E-state index contributed by atoms with van der Waals surface area (Å²) in [4.78, 5) is 8.66. The second-order valence-corrected chi connectivity index (χ2v) is 5.45. The summed E-state index contributed by atoms with van der Waals surface area (Å²) in [5.74, 6) is 2.27.